The second-order valence-corrected chi connectivity index (χ2v) is 5.05. The van der Waals surface area contributed by atoms with Crippen LogP contribution in [0.2, 0.25) is 0 Å². The van der Waals surface area contributed by atoms with Gasteiger partial charge in [-0.25, -0.2) is 4.98 Å². The number of aromatic nitrogens is 2. The SMILES string of the molecule is Cc1cccn2c(CCCN)c(-c3ccccc3)nc12. The lowest BCUT2D eigenvalue weighted by Gasteiger charge is -2.05. The van der Waals surface area contributed by atoms with Crippen LogP contribution in [0.5, 0.6) is 0 Å². The molecule has 3 heteroatoms. The zero-order chi connectivity index (χ0) is 13.9. The lowest BCUT2D eigenvalue weighted by molar-refractivity contribution is 0.803. The van der Waals surface area contributed by atoms with Gasteiger partial charge in [0, 0.05) is 11.8 Å². The molecule has 2 heterocycles. The van der Waals surface area contributed by atoms with Crippen molar-refractivity contribution in [3.63, 3.8) is 0 Å². The predicted octanol–water partition coefficient (Wildman–Crippen LogP) is 3.20. The minimum absolute atomic E-state index is 0.702. The van der Waals surface area contributed by atoms with Gasteiger partial charge in [0.25, 0.3) is 0 Å². The second kappa shape index (κ2) is 5.47. The van der Waals surface area contributed by atoms with Crippen molar-refractivity contribution in [2.75, 3.05) is 6.54 Å². The molecule has 20 heavy (non-hydrogen) atoms. The van der Waals surface area contributed by atoms with Gasteiger partial charge >= 0.3 is 0 Å². The first-order valence-electron chi connectivity index (χ1n) is 7.03. The molecule has 3 aromatic rings. The van der Waals surface area contributed by atoms with Gasteiger partial charge in [-0.2, -0.15) is 0 Å². The van der Waals surface area contributed by atoms with Gasteiger partial charge in [-0.3, -0.25) is 0 Å². The molecule has 0 aliphatic heterocycles. The maximum absolute atomic E-state index is 5.68. The van der Waals surface area contributed by atoms with Gasteiger partial charge in [0.2, 0.25) is 0 Å². The Morgan fingerprint density at radius 1 is 1.10 bits per heavy atom. The van der Waals surface area contributed by atoms with Crippen molar-refractivity contribution in [1.29, 1.82) is 0 Å². The second-order valence-electron chi connectivity index (χ2n) is 5.05. The fourth-order valence-corrected chi connectivity index (χ4v) is 2.59. The van der Waals surface area contributed by atoms with E-state index in [-0.39, 0.29) is 0 Å². The van der Waals surface area contributed by atoms with Gasteiger partial charge in [0.05, 0.1) is 11.4 Å². The molecule has 0 radical (unpaired) electrons. The van der Waals surface area contributed by atoms with E-state index in [1.54, 1.807) is 0 Å². The van der Waals surface area contributed by atoms with E-state index in [1.165, 1.54) is 16.8 Å². The molecule has 3 nitrogen and oxygen atoms in total. The Bertz CT molecular complexity index is 714. The summed E-state index contributed by atoms with van der Waals surface area (Å²) in [7, 11) is 0. The molecule has 0 saturated heterocycles. The lowest BCUT2D eigenvalue weighted by atomic mass is 10.1. The van der Waals surface area contributed by atoms with Crippen LogP contribution >= 0.6 is 0 Å². The van der Waals surface area contributed by atoms with Gasteiger partial charge in [-0.15, -0.1) is 0 Å². The van der Waals surface area contributed by atoms with E-state index in [1.807, 2.05) is 6.07 Å². The highest BCUT2D eigenvalue weighted by Gasteiger charge is 2.14. The van der Waals surface area contributed by atoms with Crippen molar-refractivity contribution < 1.29 is 0 Å². The van der Waals surface area contributed by atoms with E-state index in [9.17, 15) is 0 Å². The Hall–Kier alpha value is -2.13. The molecular formula is C17H19N3. The van der Waals surface area contributed by atoms with Gasteiger partial charge in [0.1, 0.15) is 5.65 Å². The van der Waals surface area contributed by atoms with E-state index in [0.717, 1.165) is 24.2 Å². The summed E-state index contributed by atoms with van der Waals surface area (Å²) in [6.07, 6.45) is 4.01. The Morgan fingerprint density at radius 2 is 1.90 bits per heavy atom. The summed E-state index contributed by atoms with van der Waals surface area (Å²) in [5.41, 5.74) is 11.4. The molecule has 0 fully saturated rings. The number of benzene rings is 1. The quantitative estimate of drug-likeness (QED) is 0.787. The molecule has 0 bridgehead atoms. The van der Waals surface area contributed by atoms with Crippen LogP contribution in [0.3, 0.4) is 0 Å². The largest absolute Gasteiger partial charge is 0.330 e. The zero-order valence-electron chi connectivity index (χ0n) is 11.7. The van der Waals surface area contributed by atoms with E-state index in [0.29, 0.717) is 6.54 Å². The highest BCUT2D eigenvalue weighted by Crippen LogP contribution is 2.26. The van der Waals surface area contributed by atoms with E-state index in [4.69, 9.17) is 10.7 Å². The third-order valence-electron chi connectivity index (χ3n) is 3.61. The average molecular weight is 265 g/mol. The van der Waals surface area contributed by atoms with Crippen LogP contribution in [0.4, 0.5) is 0 Å². The number of nitrogens with two attached hydrogens (primary N) is 1. The van der Waals surface area contributed by atoms with Crippen LogP contribution < -0.4 is 5.73 Å². The van der Waals surface area contributed by atoms with E-state index >= 15 is 0 Å². The third kappa shape index (κ3) is 2.21. The van der Waals surface area contributed by atoms with Crippen LogP contribution in [-0.2, 0) is 6.42 Å². The number of imidazole rings is 1. The summed E-state index contributed by atoms with van der Waals surface area (Å²) in [5, 5.41) is 0. The Morgan fingerprint density at radius 3 is 2.65 bits per heavy atom. The highest BCUT2D eigenvalue weighted by molar-refractivity contribution is 5.67. The molecule has 102 valence electrons. The lowest BCUT2D eigenvalue weighted by Crippen LogP contribution is -2.03. The molecule has 1 aromatic carbocycles. The van der Waals surface area contributed by atoms with Crippen LogP contribution in [0.15, 0.2) is 48.7 Å². The first-order valence-corrected chi connectivity index (χ1v) is 7.03. The number of hydrogen-bond donors (Lipinski definition) is 1. The van der Waals surface area contributed by atoms with Crippen molar-refractivity contribution >= 4 is 5.65 Å². The van der Waals surface area contributed by atoms with Crippen LogP contribution in [-0.4, -0.2) is 15.9 Å². The summed E-state index contributed by atoms with van der Waals surface area (Å²) < 4.78 is 2.20. The van der Waals surface area contributed by atoms with Crippen molar-refractivity contribution in [3.8, 4) is 11.3 Å². The van der Waals surface area contributed by atoms with Crippen LogP contribution in [0.1, 0.15) is 17.7 Å². The van der Waals surface area contributed by atoms with Gasteiger partial charge in [0.15, 0.2) is 0 Å². The molecular weight excluding hydrogens is 246 g/mol. The topological polar surface area (TPSA) is 43.3 Å². The fraction of sp³-hybridized carbons (Fsp3) is 0.235. The molecule has 2 aromatic heterocycles. The number of pyridine rings is 1. The average Bonchev–Trinajstić information content (AvgIpc) is 2.86. The summed E-state index contributed by atoms with van der Waals surface area (Å²) >= 11 is 0. The molecule has 0 aliphatic carbocycles. The summed E-state index contributed by atoms with van der Waals surface area (Å²) in [6.45, 7) is 2.80. The molecule has 0 amide bonds. The van der Waals surface area contributed by atoms with Crippen molar-refractivity contribution in [3.05, 3.63) is 59.9 Å². The number of nitrogens with zero attached hydrogens (tertiary/aromatic N) is 2. The first kappa shape index (κ1) is 12.9. The Balaban J connectivity index is 2.22. The zero-order valence-corrected chi connectivity index (χ0v) is 11.7. The molecule has 0 unspecified atom stereocenters. The summed E-state index contributed by atoms with van der Waals surface area (Å²) in [5.74, 6) is 0. The maximum Gasteiger partial charge on any atom is 0.140 e. The van der Waals surface area contributed by atoms with Crippen molar-refractivity contribution in [1.82, 2.24) is 9.38 Å². The predicted molar refractivity (Wildman–Crippen MR) is 82.7 cm³/mol. The van der Waals surface area contributed by atoms with Crippen molar-refractivity contribution in [2.24, 2.45) is 5.73 Å². The number of fused-ring (bicyclic) bond motifs is 1. The highest BCUT2D eigenvalue weighted by atomic mass is 15.0. The van der Waals surface area contributed by atoms with Gasteiger partial charge in [-0.05, 0) is 37.9 Å². The summed E-state index contributed by atoms with van der Waals surface area (Å²) in [4.78, 5) is 4.86. The van der Waals surface area contributed by atoms with Crippen LogP contribution in [0.25, 0.3) is 16.9 Å². The summed E-state index contributed by atoms with van der Waals surface area (Å²) in [6, 6.07) is 14.5. The maximum atomic E-state index is 5.68. The normalized spacial score (nSPS) is 11.1. The Kier molecular flexibility index (Phi) is 3.52. The molecule has 2 N–H and O–H groups in total. The number of rotatable bonds is 4. The third-order valence-corrected chi connectivity index (χ3v) is 3.61. The monoisotopic (exact) mass is 265 g/mol. The van der Waals surface area contributed by atoms with E-state index < -0.39 is 0 Å². The van der Waals surface area contributed by atoms with Gasteiger partial charge in [-0.1, -0.05) is 36.4 Å². The number of hydrogen-bond acceptors (Lipinski definition) is 2. The van der Waals surface area contributed by atoms with Crippen molar-refractivity contribution in [2.45, 2.75) is 19.8 Å². The fourth-order valence-electron chi connectivity index (χ4n) is 2.59. The molecule has 0 aliphatic rings. The molecule has 3 rings (SSSR count). The van der Waals surface area contributed by atoms with Gasteiger partial charge < -0.3 is 10.1 Å². The smallest absolute Gasteiger partial charge is 0.140 e. The standard InChI is InChI=1S/C17H19N3/c1-13-7-6-12-20-15(10-5-11-18)16(19-17(13)20)14-8-3-2-4-9-14/h2-4,6-9,12H,5,10-11,18H2,1H3. The van der Waals surface area contributed by atoms with Crippen LogP contribution in [0, 0.1) is 6.92 Å². The first-order chi connectivity index (χ1) is 9.81. The Labute approximate surface area is 119 Å². The molecule has 0 spiro atoms. The number of aryl methyl sites for hydroxylation is 2. The van der Waals surface area contributed by atoms with E-state index in [2.05, 4.69) is 53.9 Å². The molecule has 0 atom stereocenters. The minimum atomic E-state index is 0.702. The molecule has 0 saturated carbocycles. The minimum Gasteiger partial charge on any atom is -0.330 e.